The molecule has 3 amide bonds. The quantitative estimate of drug-likeness (QED) is 0.0528. The Bertz CT molecular complexity index is 3620. The van der Waals surface area contributed by atoms with Crippen LogP contribution in [0.15, 0.2) is 212 Å². The number of benzene rings is 8. The molecule has 0 fully saturated rings. The third-order valence-corrected chi connectivity index (χ3v) is 14.7. The number of ether oxygens (including phenoxy) is 3. The Morgan fingerprint density at radius 2 is 0.594 bits per heavy atom. The zero-order chi connectivity index (χ0) is 70.7. The fraction of sp³-hybridized carbons (Fsp3) is 0.254. The molecular weight excluding hydrogens is 1600 g/mol. The van der Waals surface area contributed by atoms with Crippen molar-refractivity contribution >= 4 is 174 Å². The summed E-state index contributed by atoms with van der Waals surface area (Å²) < 4.78 is 19.7. The van der Waals surface area contributed by atoms with Crippen molar-refractivity contribution in [1.29, 1.82) is 0 Å². The number of nitrogens with two attached hydrogens (primary N) is 3. The van der Waals surface area contributed by atoms with E-state index in [2.05, 4.69) is 134 Å². The van der Waals surface area contributed by atoms with Gasteiger partial charge in [0.05, 0.1) is 13.1 Å². The first kappa shape index (κ1) is 92.2. The van der Waals surface area contributed by atoms with Gasteiger partial charge < -0.3 is 47.4 Å². The smallest absolute Gasteiger partial charge is 0.407 e. The lowest BCUT2D eigenvalue weighted by Crippen LogP contribution is -2.32. The molecule has 0 radical (unpaired) electrons. The lowest BCUT2D eigenvalue weighted by Gasteiger charge is -2.20. The van der Waals surface area contributed by atoms with Gasteiger partial charge in [0, 0.05) is 111 Å². The Morgan fingerprint density at radius 1 is 0.385 bits per heavy atom. The van der Waals surface area contributed by atoms with Crippen molar-refractivity contribution in [3.63, 3.8) is 0 Å². The minimum absolute atomic E-state index is 0. The van der Waals surface area contributed by atoms with Gasteiger partial charge in [0.1, 0.15) is 16.8 Å². The highest BCUT2D eigenvalue weighted by Crippen LogP contribution is 2.34. The maximum Gasteiger partial charge on any atom is 0.407 e. The Morgan fingerprint density at radius 3 is 0.844 bits per heavy atom. The second kappa shape index (κ2) is 51.3. The molecule has 8 rings (SSSR count). The van der Waals surface area contributed by atoms with Gasteiger partial charge in [0.15, 0.2) is 11.4 Å². The van der Waals surface area contributed by atoms with Gasteiger partial charge in [-0.05, 0) is 142 Å². The van der Waals surface area contributed by atoms with Crippen LogP contribution in [0, 0.1) is 13.1 Å². The first-order chi connectivity index (χ1) is 44.6. The van der Waals surface area contributed by atoms with Gasteiger partial charge >= 0.3 is 18.3 Å². The SMILES string of the molecule is CC(C)(C)OC(=O)NCc1ccccc1Br.CC(C)(C)OC(=O)NCc1ccccc1Br.NCc1ccccc1Br.NCc1ccccc1Br.S.S.S=S.S=S=S.[C-]#[N+]c1ccccc1-c1ccccc1CN.[C-]#[N+]c1ccccc1-c1ccccc1CNC(=O)OC(C)(C)C. The fourth-order valence-electron chi connectivity index (χ4n) is 7.55. The molecule has 0 unspecified atom stereocenters. The number of hydrogen-bond donors (Lipinski definition) is 6. The van der Waals surface area contributed by atoms with Gasteiger partial charge in [0.2, 0.25) is 0 Å². The normalized spacial score (nSPS) is 9.81. The third-order valence-electron chi connectivity index (χ3n) is 11.6. The zero-order valence-corrected chi connectivity index (χ0v) is 67.3. The molecule has 0 aliphatic heterocycles. The van der Waals surface area contributed by atoms with Crippen molar-refractivity contribution in [2.24, 2.45) is 17.2 Å². The number of alkyl carbamates (subject to hydrolysis) is 3. The van der Waals surface area contributed by atoms with Crippen molar-refractivity contribution in [1.82, 2.24) is 16.0 Å². The third kappa shape index (κ3) is 39.5. The highest BCUT2D eigenvalue weighted by Gasteiger charge is 2.19. The van der Waals surface area contributed by atoms with E-state index in [0.717, 1.165) is 82.4 Å². The predicted molar refractivity (Wildman–Crippen MR) is 433 cm³/mol. The summed E-state index contributed by atoms with van der Waals surface area (Å²) in [6, 6.07) is 62.1. The molecule has 0 heterocycles. The lowest BCUT2D eigenvalue weighted by molar-refractivity contribution is 0.0512. The second-order valence-electron chi connectivity index (χ2n) is 22.2. The van der Waals surface area contributed by atoms with Crippen LogP contribution in [0.1, 0.15) is 95.7 Å². The molecule has 14 nitrogen and oxygen atoms in total. The Balaban J connectivity index is 0. The number of hydrogen-bond acceptors (Lipinski definition) is 13. The summed E-state index contributed by atoms with van der Waals surface area (Å²) in [6.45, 7) is 33.9. The first-order valence-electron chi connectivity index (χ1n) is 28.8. The van der Waals surface area contributed by atoms with Gasteiger partial charge in [0.25, 0.3) is 0 Å². The molecule has 0 saturated carbocycles. The van der Waals surface area contributed by atoms with Crippen LogP contribution in [-0.4, -0.2) is 35.1 Å². The molecule has 0 spiro atoms. The molecule has 0 aliphatic carbocycles. The number of rotatable bonds is 11. The van der Waals surface area contributed by atoms with E-state index >= 15 is 0 Å². The van der Waals surface area contributed by atoms with E-state index in [0.29, 0.717) is 50.6 Å². The van der Waals surface area contributed by atoms with E-state index in [9.17, 15) is 14.4 Å². The number of nitrogens with one attached hydrogen (secondary N) is 3. The van der Waals surface area contributed by atoms with Crippen molar-refractivity contribution in [2.75, 3.05) is 0 Å². The summed E-state index contributed by atoms with van der Waals surface area (Å²) in [6.07, 6.45) is -1.25. The fourth-order valence-corrected chi connectivity index (χ4v) is 9.30. The van der Waals surface area contributed by atoms with Crippen LogP contribution in [-0.2, 0) is 107 Å². The Kier molecular flexibility index (Phi) is 49.3. The number of amides is 3. The van der Waals surface area contributed by atoms with Gasteiger partial charge in [-0.1, -0.05) is 234 Å². The van der Waals surface area contributed by atoms with Crippen LogP contribution in [0.2, 0.25) is 0 Å². The van der Waals surface area contributed by atoms with Gasteiger partial charge in [-0.3, -0.25) is 0 Å². The lowest BCUT2D eigenvalue weighted by atomic mass is 9.98. The monoisotopic (exact) mass is 1680 g/mol. The van der Waals surface area contributed by atoms with E-state index in [1.807, 2.05) is 250 Å². The van der Waals surface area contributed by atoms with E-state index in [1.165, 1.54) is 0 Å². The average Bonchev–Trinajstić information content (AvgIpc) is 0.874. The molecule has 25 heteroatoms. The molecule has 0 aromatic heterocycles. The summed E-state index contributed by atoms with van der Waals surface area (Å²) in [4.78, 5) is 41.7. The molecule has 9 N–H and O–H groups in total. The van der Waals surface area contributed by atoms with Crippen LogP contribution in [0.3, 0.4) is 0 Å². The molecule has 514 valence electrons. The van der Waals surface area contributed by atoms with Gasteiger partial charge in [-0.2, -0.15) is 27.0 Å². The van der Waals surface area contributed by atoms with Crippen LogP contribution < -0.4 is 33.2 Å². The minimum Gasteiger partial charge on any atom is -0.444 e. The first-order valence-corrected chi connectivity index (χ1v) is 35.9. The summed E-state index contributed by atoms with van der Waals surface area (Å²) >= 11 is 29.2. The average molecular weight is 1690 g/mol. The van der Waals surface area contributed by atoms with Gasteiger partial charge in [-0.25, -0.2) is 24.1 Å². The summed E-state index contributed by atoms with van der Waals surface area (Å²) in [5.41, 5.74) is 26.5. The molecule has 8 aromatic rings. The number of halogens is 4. The van der Waals surface area contributed by atoms with Crippen molar-refractivity contribution in [3.05, 3.63) is 268 Å². The molecule has 0 aliphatic rings. The number of carbonyl (C=O) groups is 3. The highest BCUT2D eigenvalue weighted by molar-refractivity contribution is 9.11. The van der Waals surface area contributed by atoms with E-state index in [4.69, 9.17) is 44.6 Å². The van der Waals surface area contributed by atoms with Crippen LogP contribution in [0.4, 0.5) is 25.8 Å². The molecular formula is C71H84Br4N8O6S7. The zero-order valence-electron chi connectivity index (χ0n) is 54.8. The van der Waals surface area contributed by atoms with Gasteiger partial charge in [-0.15, -0.1) is 0 Å². The number of nitrogens with zero attached hydrogens (tertiary/aromatic N) is 2. The van der Waals surface area contributed by atoms with Crippen LogP contribution >= 0.6 is 90.7 Å². The standard InChI is InChI=1S/C19H20N2O2.C14H12N2.2C12H16BrNO2.2C7H8BrN.S3.S2.2H2S/c1-19(2,3)23-18(22)21-13-14-9-5-6-10-15(14)16-11-7-8-12-17(16)20-4;1-16-14-9-5-4-8-13(14)12-7-3-2-6-11(12)10-15;2*1-12(2,3)16-11(15)14-8-9-6-4-5-7-10(9)13;2*8-7-4-2-1-3-6(7)5-9;1-3-2;1-2;;/h5-12H,13H2,1-3H3,(H,21,22);2-9H,10,15H2;2*4-7H,8H2,1-3H3,(H,14,15);2*1-4H,5,9H2;;;2*1H2. The largest absolute Gasteiger partial charge is 0.444 e. The van der Waals surface area contributed by atoms with Crippen molar-refractivity contribution in [3.8, 4) is 22.3 Å². The van der Waals surface area contributed by atoms with Crippen molar-refractivity contribution < 1.29 is 28.6 Å². The van der Waals surface area contributed by atoms with Crippen molar-refractivity contribution in [2.45, 2.75) is 118 Å². The molecule has 0 saturated heterocycles. The Hall–Kier alpha value is -5.85. The summed E-state index contributed by atoms with van der Waals surface area (Å²) in [7, 11) is 0.917. The number of para-hydroxylation sites is 2. The molecule has 96 heavy (non-hydrogen) atoms. The second-order valence-corrected chi connectivity index (χ2v) is 27.4. The van der Waals surface area contributed by atoms with Crippen LogP contribution in [0.5, 0.6) is 0 Å². The van der Waals surface area contributed by atoms with Crippen LogP contribution in [0.25, 0.3) is 31.9 Å². The molecule has 0 bridgehead atoms. The molecule has 0 atom stereocenters. The maximum atomic E-state index is 11.8. The highest BCUT2D eigenvalue weighted by atomic mass is 79.9. The Labute approximate surface area is 638 Å². The minimum atomic E-state index is -0.527. The van der Waals surface area contributed by atoms with E-state index in [1.54, 1.807) is 6.07 Å². The predicted octanol–water partition coefficient (Wildman–Crippen LogP) is 19.3. The summed E-state index contributed by atoms with van der Waals surface area (Å²) in [5.74, 6) is 0. The van der Waals surface area contributed by atoms with E-state index < -0.39 is 35.1 Å². The van der Waals surface area contributed by atoms with E-state index in [-0.39, 0.29) is 27.0 Å². The maximum absolute atomic E-state index is 11.8. The molecule has 8 aromatic carbocycles. The summed E-state index contributed by atoms with van der Waals surface area (Å²) in [5, 5.41) is 8.17. The topological polar surface area (TPSA) is 202 Å². The number of carbonyl (C=O) groups excluding carboxylic acids is 3.